The van der Waals surface area contributed by atoms with Crippen LogP contribution in [-0.4, -0.2) is 29.7 Å². The molecule has 5 nitrogen and oxygen atoms in total. The summed E-state index contributed by atoms with van der Waals surface area (Å²) in [7, 11) is 1.49. The quantitative estimate of drug-likeness (QED) is 0.564. The monoisotopic (exact) mass is 218 g/mol. The highest BCUT2D eigenvalue weighted by molar-refractivity contribution is 8.14. The molecule has 0 aliphatic carbocycles. The average molecular weight is 218 g/mol. The summed E-state index contributed by atoms with van der Waals surface area (Å²) in [6.07, 6.45) is 0.222. The molecule has 0 aromatic rings. The molecule has 0 saturated carbocycles. The van der Waals surface area contributed by atoms with Gasteiger partial charge in [0, 0.05) is 7.05 Å². The van der Waals surface area contributed by atoms with Gasteiger partial charge >= 0.3 is 6.09 Å². The number of amides is 1. The second kappa shape index (κ2) is 5.21. The fourth-order valence-electron chi connectivity index (χ4n) is 1.05. The standard InChI is InChI=1S/C8H14N2O3S/c1-4-6-7(14-5(2)12-6)10-13-8(11)9-3/h5-6H,4H2,1-3H3,(H,9,11)/b10-7+. The maximum Gasteiger partial charge on any atom is 0.433 e. The Morgan fingerprint density at radius 1 is 1.79 bits per heavy atom. The van der Waals surface area contributed by atoms with Crippen molar-refractivity contribution in [3.8, 4) is 0 Å². The van der Waals surface area contributed by atoms with Crippen LogP contribution in [0.25, 0.3) is 0 Å². The Hall–Kier alpha value is -0.750. The number of rotatable bonds is 2. The van der Waals surface area contributed by atoms with E-state index < -0.39 is 6.09 Å². The number of thioether (sulfide) groups is 1. The van der Waals surface area contributed by atoms with E-state index in [9.17, 15) is 4.79 Å². The molecule has 1 amide bonds. The second-order valence-corrected chi connectivity index (χ2v) is 4.09. The summed E-state index contributed by atoms with van der Waals surface area (Å²) < 4.78 is 5.51. The lowest BCUT2D eigenvalue weighted by atomic mass is 10.3. The van der Waals surface area contributed by atoms with Crippen LogP contribution >= 0.6 is 11.8 Å². The highest BCUT2D eigenvalue weighted by Crippen LogP contribution is 2.29. The molecular weight excluding hydrogens is 204 g/mol. The number of hydrogen-bond donors (Lipinski definition) is 1. The number of oxime groups is 1. The van der Waals surface area contributed by atoms with Crippen LogP contribution in [0.1, 0.15) is 20.3 Å². The van der Waals surface area contributed by atoms with Gasteiger partial charge in [-0.3, -0.25) is 4.84 Å². The third-order valence-corrected chi connectivity index (χ3v) is 2.73. The molecule has 1 aliphatic rings. The minimum atomic E-state index is -0.562. The fourth-order valence-corrected chi connectivity index (χ4v) is 2.03. The van der Waals surface area contributed by atoms with Crippen molar-refractivity contribution in [1.82, 2.24) is 5.32 Å². The van der Waals surface area contributed by atoms with Crippen LogP contribution in [0.5, 0.6) is 0 Å². The Bertz CT molecular complexity index is 245. The summed E-state index contributed by atoms with van der Waals surface area (Å²) in [6.45, 7) is 3.94. The summed E-state index contributed by atoms with van der Waals surface area (Å²) in [5, 5.41) is 6.78. The van der Waals surface area contributed by atoms with E-state index in [0.717, 1.165) is 11.5 Å². The normalized spacial score (nSPS) is 29.2. The van der Waals surface area contributed by atoms with Crippen molar-refractivity contribution < 1.29 is 14.4 Å². The third-order valence-electron chi connectivity index (χ3n) is 1.71. The number of hydrogen-bond acceptors (Lipinski definition) is 5. The molecule has 6 heteroatoms. The molecule has 2 atom stereocenters. The van der Waals surface area contributed by atoms with Crippen LogP contribution in [0.2, 0.25) is 0 Å². The summed E-state index contributed by atoms with van der Waals surface area (Å²) >= 11 is 1.47. The molecule has 0 radical (unpaired) electrons. The third kappa shape index (κ3) is 2.88. The summed E-state index contributed by atoms with van der Waals surface area (Å²) in [4.78, 5) is 15.3. The van der Waals surface area contributed by atoms with Gasteiger partial charge in [0.1, 0.15) is 16.6 Å². The molecule has 0 aromatic carbocycles. The van der Waals surface area contributed by atoms with Gasteiger partial charge in [0.05, 0.1) is 0 Å². The Morgan fingerprint density at radius 3 is 3.07 bits per heavy atom. The summed E-state index contributed by atoms with van der Waals surface area (Å²) in [5.41, 5.74) is 0.0759. The molecule has 1 aliphatic heterocycles. The van der Waals surface area contributed by atoms with Gasteiger partial charge < -0.3 is 10.1 Å². The van der Waals surface area contributed by atoms with Gasteiger partial charge in [0.2, 0.25) is 0 Å². The molecule has 0 aromatic heterocycles. The molecule has 1 heterocycles. The maximum atomic E-state index is 10.8. The smallest absolute Gasteiger partial charge is 0.357 e. The molecule has 0 bridgehead atoms. The van der Waals surface area contributed by atoms with Crippen molar-refractivity contribution in [2.75, 3.05) is 7.05 Å². The second-order valence-electron chi connectivity index (χ2n) is 2.78. The minimum Gasteiger partial charge on any atom is -0.357 e. The summed E-state index contributed by atoms with van der Waals surface area (Å²) in [6, 6.07) is 0. The van der Waals surface area contributed by atoms with Gasteiger partial charge in [0.15, 0.2) is 0 Å². The van der Waals surface area contributed by atoms with Crippen molar-refractivity contribution >= 4 is 22.9 Å². The average Bonchev–Trinajstić information content (AvgIpc) is 2.55. The van der Waals surface area contributed by atoms with Crippen molar-refractivity contribution in [1.29, 1.82) is 0 Å². The van der Waals surface area contributed by atoms with Crippen molar-refractivity contribution in [2.45, 2.75) is 31.8 Å². The maximum absolute atomic E-state index is 10.8. The molecule has 1 fully saturated rings. The van der Waals surface area contributed by atoms with Gasteiger partial charge in [-0.05, 0) is 13.3 Å². The topological polar surface area (TPSA) is 59.9 Å². The zero-order chi connectivity index (χ0) is 10.6. The fraction of sp³-hybridized carbons (Fsp3) is 0.750. The van der Waals surface area contributed by atoms with E-state index in [0.29, 0.717) is 0 Å². The molecular formula is C8H14N2O3S. The van der Waals surface area contributed by atoms with Gasteiger partial charge in [-0.2, -0.15) is 0 Å². The first kappa shape index (κ1) is 11.3. The molecule has 1 saturated heterocycles. The lowest BCUT2D eigenvalue weighted by molar-refractivity contribution is 0.0939. The Labute approximate surface area is 87.2 Å². The minimum absolute atomic E-state index is 0.0420. The molecule has 14 heavy (non-hydrogen) atoms. The SMILES string of the molecule is CCC1OC(C)S/C1=N/OC(=O)NC. The van der Waals surface area contributed by atoms with Crippen LogP contribution in [0.3, 0.4) is 0 Å². The van der Waals surface area contributed by atoms with E-state index in [2.05, 4.69) is 15.3 Å². The van der Waals surface area contributed by atoms with E-state index in [1.807, 2.05) is 13.8 Å². The van der Waals surface area contributed by atoms with E-state index >= 15 is 0 Å². The van der Waals surface area contributed by atoms with E-state index in [-0.39, 0.29) is 11.5 Å². The largest absolute Gasteiger partial charge is 0.433 e. The zero-order valence-electron chi connectivity index (χ0n) is 8.44. The lowest BCUT2D eigenvalue weighted by Crippen LogP contribution is -2.19. The first-order chi connectivity index (χ1) is 6.67. The Kier molecular flexibility index (Phi) is 4.21. The molecule has 1 rings (SSSR count). The number of ether oxygens (including phenoxy) is 1. The predicted molar refractivity (Wildman–Crippen MR) is 55.2 cm³/mol. The van der Waals surface area contributed by atoms with Gasteiger partial charge in [-0.1, -0.05) is 23.8 Å². The highest BCUT2D eigenvalue weighted by Gasteiger charge is 2.29. The van der Waals surface area contributed by atoms with Crippen LogP contribution in [0.4, 0.5) is 4.79 Å². The zero-order valence-corrected chi connectivity index (χ0v) is 9.26. The molecule has 0 spiro atoms. The van der Waals surface area contributed by atoms with E-state index in [1.165, 1.54) is 18.8 Å². The molecule has 80 valence electrons. The van der Waals surface area contributed by atoms with Crippen LogP contribution in [0.15, 0.2) is 5.16 Å². The van der Waals surface area contributed by atoms with Crippen LogP contribution in [-0.2, 0) is 9.57 Å². The lowest BCUT2D eigenvalue weighted by Gasteiger charge is -2.05. The highest BCUT2D eigenvalue weighted by atomic mass is 32.2. The first-order valence-electron chi connectivity index (χ1n) is 4.46. The number of nitrogens with zero attached hydrogens (tertiary/aromatic N) is 1. The number of carbonyl (C=O) groups excluding carboxylic acids is 1. The Balaban J connectivity index is 2.53. The van der Waals surface area contributed by atoms with Crippen molar-refractivity contribution in [2.24, 2.45) is 5.16 Å². The van der Waals surface area contributed by atoms with Crippen molar-refractivity contribution in [3.05, 3.63) is 0 Å². The van der Waals surface area contributed by atoms with Crippen LogP contribution < -0.4 is 5.32 Å². The predicted octanol–water partition coefficient (Wildman–Crippen LogP) is 1.54. The Morgan fingerprint density at radius 2 is 2.50 bits per heavy atom. The van der Waals surface area contributed by atoms with Crippen LogP contribution in [0, 0.1) is 0 Å². The van der Waals surface area contributed by atoms with Gasteiger partial charge in [0.25, 0.3) is 0 Å². The van der Waals surface area contributed by atoms with E-state index in [4.69, 9.17) is 4.74 Å². The molecule has 2 unspecified atom stereocenters. The van der Waals surface area contributed by atoms with E-state index in [1.54, 1.807) is 0 Å². The summed E-state index contributed by atoms with van der Waals surface area (Å²) in [5.74, 6) is 0. The van der Waals surface area contributed by atoms with Gasteiger partial charge in [-0.25, -0.2) is 4.79 Å². The van der Waals surface area contributed by atoms with Crippen molar-refractivity contribution in [3.63, 3.8) is 0 Å². The number of nitrogens with one attached hydrogen (secondary N) is 1. The first-order valence-corrected chi connectivity index (χ1v) is 5.34. The van der Waals surface area contributed by atoms with Gasteiger partial charge in [-0.15, -0.1) is 0 Å². The molecule has 1 N–H and O–H groups in total. The number of carbonyl (C=O) groups is 1.